The molecular weight excluding hydrogens is 444 g/mol. The van der Waals surface area contributed by atoms with Crippen molar-refractivity contribution in [3.63, 3.8) is 0 Å². The Bertz CT molecular complexity index is 1030. The van der Waals surface area contributed by atoms with Gasteiger partial charge in [0.05, 0.1) is 7.11 Å². The van der Waals surface area contributed by atoms with Gasteiger partial charge in [0.25, 0.3) is 5.91 Å². The van der Waals surface area contributed by atoms with Gasteiger partial charge in [-0.05, 0) is 43.7 Å². The molecule has 9 heteroatoms. The van der Waals surface area contributed by atoms with Crippen LogP contribution in [0.1, 0.15) is 19.4 Å². The molecule has 0 radical (unpaired) electrons. The van der Waals surface area contributed by atoms with E-state index in [1.54, 1.807) is 31.4 Å². The van der Waals surface area contributed by atoms with E-state index in [-0.39, 0.29) is 30.4 Å². The summed E-state index contributed by atoms with van der Waals surface area (Å²) >= 11 is 1.48. The maximum absolute atomic E-state index is 12.9. The Morgan fingerprint density at radius 3 is 2.42 bits per heavy atom. The zero-order chi connectivity index (χ0) is 23.6. The van der Waals surface area contributed by atoms with Crippen LogP contribution >= 0.6 is 11.8 Å². The summed E-state index contributed by atoms with van der Waals surface area (Å²) in [7, 11) is 1.58. The number of hydrogen-bond donors (Lipinski definition) is 1. The molecule has 0 aliphatic carbocycles. The topological polar surface area (TPSA) is 94.2 Å². The number of nitrogens with zero attached hydrogens (tertiary/aromatic N) is 1. The van der Waals surface area contributed by atoms with Gasteiger partial charge in [-0.1, -0.05) is 30.3 Å². The van der Waals surface area contributed by atoms with Crippen molar-refractivity contribution in [2.24, 2.45) is 0 Å². The number of carbonyl (C=O) groups excluding carboxylic acids is 3. The van der Waals surface area contributed by atoms with Crippen molar-refractivity contribution in [3.8, 4) is 11.5 Å². The van der Waals surface area contributed by atoms with Crippen LogP contribution in [0.2, 0.25) is 0 Å². The van der Waals surface area contributed by atoms with Gasteiger partial charge in [-0.2, -0.15) is 0 Å². The summed E-state index contributed by atoms with van der Waals surface area (Å²) < 4.78 is 15.6. The molecule has 0 aromatic heterocycles. The number of benzene rings is 2. The molecule has 0 bridgehead atoms. The van der Waals surface area contributed by atoms with Gasteiger partial charge in [0.2, 0.25) is 5.91 Å². The minimum atomic E-state index is -0.730. The number of para-hydroxylation sites is 1. The van der Waals surface area contributed by atoms with Crippen LogP contribution < -0.4 is 14.8 Å². The van der Waals surface area contributed by atoms with Crippen molar-refractivity contribution < 1.29 is 28.6 Å². The van der Waals surface area contributed by atoms with Crippen LogP contribution in [0.5, 0.6) is 11.5 Å². The number of rotatable bonds is 8. The second kappa shape index (κ2) is 9.35. The molecule has 8 nitrogen and oxygen atoms in total. The van der Waals surface area contributed by atoms with E-state index in [2.05, 4.69) is 5.32 Å². The number of esters is 1. The summed E-state index contributed by atoms with van der Waals surface area (Å²) in [6, 6.07) is 14.8. The summed E-state index contributed by atoms with van der Waals surface area (Å²) in [5.74, 6) is 0.148. The highest BCUT2D eigenvalue weighted by molar-refractivity contribution is 8.01. The van der Waals surface area contributed by atoms with Crippen LogP contribution in [0.15, 0.2) is 54.6 Å². The third-order valence-electron chi connectivity index (χ3n) is 5.63. The van der Waals surface area contributed by atoms with E-state index in [1.807, 2.05) is 44.2 Å². The molecule has 4 rings (SSSR count). The Labute approximate surface area is 196 Å². The standard InChI is InChI=1S/C24H26N2O6S/c1-24(2)20(23(29)32-13-15-9-11-16(30-3)12-10-15)26-21(28)19(22(26)33-24)25-18(27)14-31-17-7-5-4-6-8-17/h4-12,19-20,22H,13-14H2,1-3H3,(H,25,27)/t19?,20-,22+/m0/s1. The fourth-order valence-corrected chi connectivity index (χ4v) is 5.58. The van der Waals surface area contributed by atoms with Crippen LogP contribution in [0, 0.1) is 0 Å². The highest BCUT2D eigenvalue weighted by Gasteiger charge is 2.64. The molecule has 2 amide bonds. The first kappa shape index (κ1) is 23.0. The molecular formula is C24H26N2O6S. The summed E-state index contributed by atoms with van der Waals surface area (Å²) in [6.07, 6.45) is 0. The Morgan fingerprint density at radius 1 is 1.06 bits per heavy atom. The summed E-state index contributed by atoms with van der Waals surface area (Å²) in [4.78, 5) is 39.6. The molecule has 2 aromatic rings. The number of hydrogen-bond acceptors (Lipinski definition) is 7. The number of β-lactam (4-membered cyclic amide) rings is 1. The van der Waals surface area contributed by atoms with Gasteiger partial charge in [0.15, 0.2) is 6.61 Å². The first-order valence-corrected chi connectivity index (χ1v) is 11.4. The SMILES string of the molecule is COc1ccc(COC(=O)[C@@H]2N3C(=O)C(NC(=O)COc4ccccc4)[C@H]3SC2(C)C)cc1. The van der Waals surface area contributed by atoms with Crippen molar-refractivity contribution >= 4 is 29.5 Å². The maximum atomic E-state index is 12.9. The lowest BCUT2D eigenvalue weighted by Crippen LogP contribution is -2.71. The lowest BCUT2D eigenvalue weighted by Gasteiger charge is -2.43. The molecule has 2 aliphatic heterocycles. The minimum absolute atomic E-state index is 0.101. The van der Waals surface area contributed by atoms with E-state index in [1.165, 1.54) is 16.7 Å². The molecule has 0 spiro atoms. The summed E-state index contributed by atoms with van der Waals surface area (Å²) in [5, 5.41) is 2.41. The molecule has 3 atom stereocenters. The number of fused-ring (bicyclic) bond motifs is 1. The minimum Gasteiger partial charge on any atom is -0.497 e. The van der Waals surface area contributed by atoms with Gasteiger partial charge in [-0.25, -0.2) is 4.79 Å². The summed E-state index contributed by atoms with van der Waals surface area (Å²) in [5.41, 5.74) is 0.822. The zero-order valence-electron chi connectivity index (χ0n) is 18.6. The van der Waals surface area contributed by atoms with Gasteiger partial charge in [-0.3, -0.25) is 9.59 Å². The monoisotopic (exact) mass is 470 g/mol. The average Bonchev–Trinajstić information content (AvgIpc) is 3.08. The molecule has 2 saturated heterocycles. The van der Waals surface area contributed by atoms with E-state index in [9.17, 15) is 14.4 Å². The lowest BCUT2D eigenvalue weighted by atomic mass is 9.96. The van der Waals surface area contributed by atoms with E-state index >= 15 is 0 Å². The van der Waals surface area contributed by atoms with Crippen molar-refractivity contribution in [1.82, 2.24) is 10.2 Å². The van der Waals surface area contributed by atoms with Gasteiger partial charge < -0.3 is 24.4 Å². The number of carbonyl (C=O) groups is 3. The maximum Gasteiger partial charge on any atom is 0.330 e. The lowest BCUT2D eigenvalue weighted by molar-refractivity contribution is -0.165. The highest BCUT2D eigenvalue weighted by Crippen LogP contribution is 2.51. The molecule has 2 heterocycles. The smallest absolute Gasteiger partial charge is 0.330 e. The molecule has 1 N–H and O–H groups in total. The molecule has 174 valence electrons. The quantitative estimate of drug-likeness (QED) is 0.468. The number of amides is 2. The van der Waals surface area contributed by atoms with E-state index in [4.69, 9.17) is 14.2 Å². The Kier molecular flexibility index (Phi) is 6.51. The molecule has 33 heavy (non-hydrogen) atoms. The van der Waals surface area contributed by atoms with E-state index in [0.29, 0.717) is 5.75 Å². The number of thioether (sulfide) groups is 1. The van der Waals surface area contributed by atoms with Crippen LogP contribution in [-0.2, 0) is 25.7 Å². The van der Waals surface area contributed by atoms with Crippen molar-refractivity contribution in [3.05, 3.63) is 60.2 Å². The van der Waals surface area contributed by atoms with Gasteiger partial charge >= 0.3 is 5.97 Å². The van der Waals surface area contributed by atoms with Crippen molar-refractivity contribution in [1.29, 1.82) is 0 Å². The van der Waals surface area contributed by atoms with Gasteiger partial charge in [0, 0.05) is 4.75 Å². The number of nitrogens with one attached hydrogen (secondary N) is 1. The molecule has 2 aliphatic rings. The van der Waals surface area contributed by atoms with Crippen LogP contribution in [0.25, 0.3) is 0 Å². The second-order valence-corrected chi connectivity index (χ2v) is 10.1. The Hall–Kier alpha value is -3.20. The fraction of sp³-hybridized carbons (Fsp3) is 0.375. The van der Waals surface area contributed by atoms with E-state index < -0.39 is 22.8 Å². The van der Waals surface area contributed by atoms with Gasteiger partial charge in [0.1, 0.15) is 35.6 Å². The fourth-order valence-electron chi connectivity index (χ4n) is 3.96. The molecule has 2 aromatic carbocycles. The predicted molar refractivity (Wildman–Crippen MR) is 123 cm³/mol. The average molecular weight is 471 g/mol. The van der Waals surface area contributed by atoms with Gasteiger partial charge in [-0.15, -0.1) is 11.8 Å². The largest absolute Gasteiger partial charge is 0.497 e. The third kappa shape index (κ3) is 4.78. The zero-order valence-corrected chi connectivity index (χ0v) is 19.5. The predicted octanol–water partition coefficient (Wildman–Crippen LogP) is 2.36. The van der Waals surface area contributed by atoms with Crippen LogP contribution in [0.4, 0.5) is 0 Å². The van der Waals surface area contributed by atoms with E-state index in [0.717, 1.165) is 11.3 Å². The highest BCUT2D eigenvalue weighted by atomic mass is 32.2. The van der Waals surface area contributed by atoms with Crippen molar-refractivity contribution in [2.75, 3.05) is 13.7 Å². The number of ether oxygens (including phenoxy) is 3. The van der Waals surface area contributed by atoms with Crippen molar-refractivity contribution in [2.45, 2.75) is 42.7 Å². The normalized spacial score (nSPS) is 22.7. The number of methoxy groups -OCH3 is 1. The molecule has 2 fully saturated rings. The molecule has 1 unspecified atom stereocenters. The second-order valence-electron chi connectivity index (χ2n) is 8.36. The Balaban J connectivity index is 1.33. The first-order valence-electron chi connectivity index (χ1n) is 10.6. The summed E-state index contributed by atoms with van der Waals surface area (Å²) in [6.45, 7) is 3.71. The van der Waals surface area contributed by atoms with Crippen LogP contribution in [0.3, 0.4) is 0 Å². The molecule has 0 saturated carbocycles. The Morgan fingerprint density at radius 2 is 1.76 bits per heavy atom. The first-order chi connectivity index (χ1) is 15.8. The third-order valence-corrected chi connectivity index (χ3v) is 7.21. The van der Waals surface area contributed by atoms with Crippen LogP contribution in [-0.4, -0.2) is 58.6 Å².